The first-order valence-corrected chi connectivity index (χ1v) is 8.07. The Morgan fingerprint density at radius 3 is 2.90 bits per heavy atom. The van der Waals surface area contributed by atoms with Crippen LogP contribution in [0, 0.1) is 0 Å². The maximum absolute atomic E-state index is 12.6. The van der Waals surface area contributed by atoms with Crippen LogP contribution in [0.2, 0.25) is 0 Å². The van der Waals surface area contributed by atoms with E-state index in [-0.39, 0.29) is 31.2 Å². The highest BCUT2D eigenvalue weighted by molar-refractivity contribution is 7.92. The summed E-state index contributed by atoms with van der Waals surface area (Å²) in [5.74, 6) is -0.0520. The normalized spacial score (nSPS) is 21.5. The summed E-state index contributed by atoms with van der Waals surface area (Å²) >= 11 is 0. The maximum atomic E-state index is 12.6. The van der Waals surface area contributed by atoms with Gasteiger partial charge in [-0.3, -0.25) is 4.57 Å². The molecule has 1 aliphatic rings. The fraction of sp³-hybridized carbons (Fsp3) is 0.636. The van der Waals surface area contributed by atoms with Gasteiger partial charge in [-0.15, -0.1) is 0 Å². The standard InChI is InChI=1S/C11H16F2N4O3S/c1-8-7-16(4-5-21(8,19)20)11(18)15-6-9-14-2-3-17(9)10(12)13/h2-3,8,10H,4-7H2,1H3,(H,15,18). The summed E-state index contributed by atoms with van der Waals surface area (Å²) in [4.78, 5) is 17.0. The van der Waals surface area contributed by atoms with Gasteiger partial charge in [-0.05, 0) is 6.92 Å². The van der Waals surface area contributed by atoms with Crippen LogP contribution in [0.1, 0.15) is 19.3 Å². The number of halogens is 2. The van der Waals surface area contributed by atoms with E-state index in [0.29, 0.717) is 4.57 Å². The number of sulfone groups is 1. The molecule has 1 atom stereocenters. The zero-order chi connectivity index (χ0) is 15.6. The lowest BCUT2D eigenvalue weighted by molar-refractivity contribution is 0.0666. The molecule has 1 unspecified atom stereocenters. The largest absolute Gasteiger partial charge is 0.331 e. The zero-order valence-corrected chi connectivity index (χ0v) is 12.2. The molecule has 1 aromatic heterocycles. The Hall–Kier alpha value is -1.71. The predicted molar refractivity (Wildman–Crippen MR) is 70.5 cm³/mol. The van der Waals surface area contributed by atoms with Crippen molar-refractivity contribution in [2.75, 3.05) is 18.8 Å². The number of carbonyl (C=O) groups is 1. The van der Waals surface area contributed by atoms with E-state index in [1.54, 1.807) is 0 Å². The van der Waals surface area contributed by atoms with Crippen LogP contribution < -0.4 is 5.32 Å². The third-order valence-corrected chi connectivity index (χ3v) is 5.51. The number of nitrogens with zero attached hydrogens (tertiary/aromatic N) is 3. The second-order valence-corrected chi connectivity index (χ2v) is 7.35. The van der Waals surface area contributed by atoms with Crippen molar-refractivity contribution in [1.29, 1.82) is 0 Å². The van der Waals surface area contributed by atoms with Gasteiger partial charge in [-0.1, -0.05) is 0 Å². The Morgan fingerprint density at radius 1 is 1.57 bits per heavy atom. The summed E-state index contributed by atoms with van der Waals surface area (Å²) in [6, 6.07) is -0.486. The molecule has 0 saturated carbocycles. The Bertz CT molecular complexity index is 617. The summed E-state index contributed by atoms with van der Waals surface area (Å²) in [6.45, 7) is -1.13. The van der Waals surface area contributed by atoms with E-state index >= 15 is 0 Å². The molecule has 10 heteroatoms. The van der Waals surface area contributed by atoms with Crippen LogP contribution >= 0.6 is 0 Å². The molecule has 0 aliphatic carbocycles. The Morgan fingerprint density at radius 2 is 2.29 bits per heavy atom. The summed E-state index contributed by atoms with van der Waals surface area (Å²) in [7, 11) is -3.14. The number of nitrogens with one attached hydrogen (secondary N) is 1. The summed E-state index contributed by atoms with van der Waals surface area (Å²) in [5.41, 5.74) is 0. The first-order valence-electron chi connectivity index (χ1n) is 6.35. The van der Waals surface area contributed by atoms with Crippen molar-refractivity contribution >= 4 is 15.9 Å². The van der Waals surface area contributed by atoms with Gasteiger partial charge < -0.3 is 10.2 Å². The number of hydrogen-bond acceptors (Lipinski definition) is 4. The fourth-order valence-electron chi connectivity index (χ4n) is 2.06. The molecule has 1 aliphatic heterocycles. The monoisotopic (exact) mass is 322 g/mol. The molecule has 1 N–H and O–H groups in total. The second kappa shape index (κ2) is 5.96. The topological polar surface area (TPSA) is 84.3 Å². The van der Waals surface area contributed by atoms with E-state index in [9.17, 15) is 22.0 Å². The van der Waals surface area contributed by atoms with Crippen molar-refractivity contribution < 1.29 is 22.0 Å². The van der Waals surface area contributed by atoms with E-state index in [1.165, 1.54) is 18.0 Å². The third kappa shape index (κ3) is 3.49. The zero-order valence-electron chi connectivity index (χ0n) is 11.4. The van der Waals surface area contributed by atoms with Gasteiger partial charge in [0.1, 0.15) is 5.82 Å². The van der Waals surface area contributed by atoms with Crippen molar-refractivity contribution in [2.45, 2.75) is 25.3 Å². The smallest absolute Gasteiger partial charge is 0.319 e. The molecule has 2 rings (SSSR count). The minimum Gasteiger partial charge on any atom is -0.331 e. The molecule has 1 aromatic rings. The highest BCUT2D eigenvalue weighted by Gasteiger charge is 2.31. The van der Waals surface area contributed by atoms with Crippen molar-refractivity contribution in [3.63, 3.8) is 0 Å². The molecule has 0 bridgehead atoms. The average molecular weight is 322 g/mol. The molecule has 21 heavy (non-hydrogen) atoms. The van der Waals surface area contributed by atoms with Crippen LogP contribution in [0.5, 0.6) is 0 Å². The molecule has 1 saturated heterocycles. The molecular weight excluding hydrogens is 306 g/mol. The third-order valence-electron chi connectivity index (χ3n) is 3.38. The molecule has 0 spiro atoms. The van der Waals surface area contributed by atoms with Crippen molar-refractivity contribution in [3.8, 4) is 0 Å². The number of rotatable bonds is 3. The summed E-state index contributed by atoms with van der Waals surface area (Å²) in [6.07, 6.45) is 2.35. The van der Waals surface area contributed by atoms with Gasteiger partial charge in [0, 0.05) is 25.5 Å². The lowest BCUT2D eigenvalue weighted by Gasteiger charge is -2.30. The van der Waals surface area contributed by atoms with E-state index in [1.807, 2.05) is 0 Å². The molecule has 2 heterocycles. The van der Waals surface area contributed by atoms with Gasteiger partial charge >= 0.3 is 12.6 Å². The van der Waals surface area contributed by atoms with Gasteiger partial charge in [0.05, 0.1) is 17.5 Å². The molecule has 0 aromatic carbocycles. The Balaban J connectivity index is 1.92. The Kier molecular flexibility index (Phi) is 4.45. The van der Waals surface area contributed by atoms with E-state index in [4.69, 9.17) is 0 Å². The predicted octanol–water partition coefficient (Wildman–Crippen LogP) is 0.607. The molecule has 2 amide bonds. The quantitative estimate of drug-likeness (QED) is 0.883. The van der Waals surface area contributed by atoms with E-state index < -0.39 is 27.7 Å². The fourth-order valence-corrected chi connectivity index (χ4v) is 3.35. The number of carbonyl (C=O) groups excluding carboxylic acids is 1. The van der Waals surface area contributed by atoms with Gasteiger partial charge in [0.25, 0.3) is 0 Å². The minimum absolute atomic E-state index is 0.0380. The first kappa shape index (κ1) is 15.7. The van der Waals surface area contributed by atoms with Gasteiger partial charge in [-0.2, -0.15) is 8.78 Å². The van der Waals surface area contributed by atoms with Crippen LogP contribution in [0.15, 0.2) is 12.4 Å². The van der Waals surface area contributed by atoms with Crippen LogP contribution in [-0.2, 0) is 16.4 Å². The first-order chi connectivity index (χ1) is 9.81. The molecule has 118 valence electrons. The van der Waals surface area contributed by atoms with Crippen LogP contribution in [0.3, 0.4) is 0 Å². The molecule has 7 nitrogen and oxygen atoms in total. The lowest BCUT2D eigenvalue weighted by Crippen LogP contribution is -2.51. The molecule has 0 radical (unpaired) electrons. The lowest BCUT2D eigenvalue weighted by atomic mass is 10.4. The number of amides is 2. The van der Waals surface area contributed by atoms with Crippen molar-refractivity contribution in [2.24, 2.45) is 0 Å². The molecule has 1 fully saturated rings. The van der Waals surface area contributed by atoms with Gasteiger partial charge in [0.15, 0.2) is 9.84 Å². The number of hydrogen-bond donors (Lipinski definition) is 1. The van der Waals surface area contributed by atoms with Crippen LogP contribution in [0.25, 0.3) is 0 Å². The SMILES string of the molecule is CC1CN(C(=O)NCc2nccn2C(F)F)CCS1(=O)=O. The number of aromatic nitrogens is 2. The highest BCUT2D eigenvalue weighted by Crippen LogP contribution is 2.13. The van der Waals surface area contributed by atoms with Gasteiger partial charge in [0.2, 0.25) is 0 Å². The van der Waals surface area contributed by atoms with Crippen molar-refractivity contribution in [1.82, 2.24) is 19.8 Å². The van der Waals surface area contributed by atoms with E-state index in [2.05, 4.69) is 10.3 Å². The van der Waals surface area contributed by atoms with E-state index in [0.717, 1.165) is 6.20 Å². The van der Waals surface area contributed by atoms with Crippen molar-refractivity contribution in [3.05, 3.63) is 18.2 Å². The van der Waals surface area contributed by atoms with Crippen LogP contribution in [-0.4, -0.2) is 53.0 Å². The average Bonchev–Trinajstić information content (AvgIpc) is 2.87. The van der Waals surface area contributed by atoms with Gasteiger partial charge in [-0.25, -0.2) is 18.2 Å². The number of alkyl halides is 2. The number of imidazole rings is 1. The highest BCUT2D eigenvalue weighted by atomic mass is 32.2. The summed E-state index contributed by atoms with van der Waals surface area (Å²) in [5, 5.41) is 1.85. The van der Waals surface area contributed by atoms with Crippen LogP contribution in [0.4, 0.5) is 13.6 Å². The molecular formula is C11H16F2N4O3S. The number of urea groups is 1. The Labute approximate surface area is 120 Å². The second-order valence-electron chi connectivity index (χ2n) is 4.81. The summed E-state index contributed by atoms with van der Waals surface area (Å²) < 4.78 is 49.0. The maximum Gasteiger partial charge on any atom is 0.319 e. The minimum atomic E-state index is -3.14.